The van der Waals surface area contributed by atoms with Crippen LogP contribution < -0.4 is 4.74 Å². The minimum Gasteiger partial charge on any atom is -0.497 e. The number of pyridine rings is 1. The van der Waals surface area contributed by atoms with Crippen LogP contribution in [0.2, 0.25) is 0 Å². The van der Waals surface area contributed by atoms with Crippen molar-refractivity contribution < 1.29 is 9.53 Å². The minimum atomic E-state index is 0.0948. The Kier molecular flexibility index (Phi) is 5.46. The first-order valence-corrected chi connectivity index (χ1v) is 6.95. The third kappa shape index (κ3) is 4.68. The van der Waals surface area contributed by atoms with Gasteiger partial charge in [0.2, 0.25) is 0 Å². The van der Waals surface area contributed by atoms with E-state index in [1.165, 1.54) is 0 Å². The largest absolute Gasteiger partial charge is 0.497 e. The lowest BCUT2D eigenvalue weighted by Crippen LogP contribution is -2.28. The highest BCUT2D eigenvalue weighted by molar-refractivity contribution is 5.97. The topological polar surface area (TPSA) is 42.4 Å². The second-order valence-corrected chi connectivity index (χ2v) is 4.96. The molecular formula is C17H20N2O2. The standard InChI is InChI=1S/C17H20N2O2/c1-19(11-9-15-7-3-4-10-18-15)13-17(20)14-6-5-8-16(12-14)21-2/h3-8,10,12H,9,11,13H2,1-2H3. The highest BCUT2D eigenvalue weighted by atomic mass is 16.5. The summed E-state index contributed by atoms with van der Waals surface area (Å²) in [5.41, 5.74) is 1.72. The summed E-state index contributed by atoms with van der Waals surface area (Å²) in [5, 5.41) is 0. The summed E-state index contributed by atoms with van der Waals surface area (Å²) in [7, 11) is 3.55. The quantitative estimate of drug-likeness (QED) is 0.732. The summed E-state index contributed by atoms with van der Waals surface area (Å²) in [6.45, 7) is 1.19. The molecule has 0 unspecified atom stereocenters. The van der Waals surface area contributed by atoms with Crippen molar-refractivity contribution in [2.24, 2.45) is 0 Å². The maximum Gasteiger partial charge on any atom is 0.176 e. The second kappa shape index (κ2) is 7.55. The lowest BCUT2D eigenvalue weighted by Gasteiger charge is -2.15. The van der Waals surface area contributed by atoms with Gasteiger partial charge in [-0.25, -0.2) is 0 Å². The van der Waals surface area contributed by atoms with Gasteiger partial charge in [0, 0.05) is 30.4 Å². The highest BCUT2D eigenvalue weighted by Crippen LogP contribution is 2.13. The van der Waals surface area contributed by atoms with E-state index in [2.05, 4.69) is 4.98 Å². The zero-order valence-electron chi connectivity index (χ0n) is 12.5. The van der Waals surface area contributed by atoms with Gasteiger partial charge in [-0.3, -0.25) is 14.7 Å². The van der Waals surface area contributed by atoms with Crippen LogP contribution in [-0.4, -0.2) is 42.9 Å². The van der Waals surface area contributed by atoms with Gasteiger partial charge in [-0.15, -0.1) is 0 Å². The van der Waals surface area contributed by atoms with Gasteiger partial charge in [0.05, 0.1) is 13.7 Å². The molecule has 0 aliphatic heterocycles. The van der Waals surface area contributed by atoms with Crippen LogP contribution in [0.3, 0.4) is 0 Å². The molecule has 0 spiro atoms. The molecule has 2 rings (SSSR count). The molecule has 1 aromatic heterocycles. The highest BCUT2D eigenvalue weighted by Gasteiger charge is 2.10. The number of hydrogen-bond acceptors (Lipinski definition) is 4. The van der Waals surface area contributed by atoms with E-state index in [1.54, 1.807) is 19.4 Å². The third-order valence-electron chi connectivity index (χ3n) is 3.28. The molecule has 0 amide bonds. The van der Waals surface area contributed by atoms with Crippen LogP contribution in [0.15, 0.2) is 48.7 Å². The van der Waals surface area contributed by atoms with E-state index in [0.29, 0.717) is 17.9 Å². The van der Waals surface area contributed by atoms with E-state index < -0.39 is 0 Å². The first-order chi connectivity index (χ1) is 10.2. The van der Waals surface area contributed by atoms with E-state index in [9.17, 15) is 4.79 Å². The Morgan fingerprint density at radius 1 is 1.24 bits per heavy atom. The first kappa shape index (κ1) is 15.2. The number of carbonyl (C=O) groups excluding carboxylic acids is 1. The number of aromatic nitrogens is 1. The van der Waals surface area contributed by atoms with Gasteiger partial charge in [-0.05, 0) is 31.3 Å². The smallest absolute Gasteiger partial charge is 0.176 e. The van der Waals surface area contributed by atoms with Crippen LogP contribution in [0, 0.1) is 0 Å². The van der Waals surface area contributed by atoms with Gasteiger partial charge in [-0.2, -0.15) is 0 Å². The van der Waals surface area contributed by atoms with Gasteiger partial charge < -0.3 is 4.74 Å². The van der Waals surface area contributed by atoms with E-state index >= 15 is 0 Å². The Morgan fingerprint density at radius 3 is 2.81 bits per heavy atom. The average Bonchev–Trinajstić information content (AvgIpc) is 2.54. The molecule has 21 heavy (non-hydrogen) atoms. The molecule has 0 saturated carbocycles. The van der Waals surface area contributed by atoms with Crippen LogP contribution in [-0.2, 0) is 6.42 Å². The Balaban J connectivity index is 1.87. The number of ketones is 1. The SMILES string of the molecule is COc1cccc(C(=O)CN(C)CCc2ccccn2)c1. The van der Waals surface area contributed by atoms with Gasteiger partial charge in [0.1, 0.15) is 5.75 Å². The average molecular weight is 284 g/mol. The number of ether oxygens (including phenoxy) is 1. The number of likely N-dealkylation sites (N-methyl/N-ethyl adjacent to an activating group) is 1. The summed E-state index contributed by atoms with van der Waals surface area (Å²) < 4.78 is 5.14. The normalized spacial score (nSPS) is 10.6. The zero-order valence-corrected chi connectivity index (χ0v) is 12.5. The van der Waals surface area contributed by atoms with Crippen molar-refractivity contribution in [3.63, 3.8) is 0 Å². The number of hydrogen-bond donors (Lipinski definition) is 0. The monoisotopic (exact) mass is 284 g/mol. The molecule has 1 heterocycles. The summed E-state index contributed by atoms with van der Waals surface area (Å²) in [5.74, 6) is 0.800. The summed E-state index contributed by atoms with van der Waals surface area (Å²) in [6, 6.07) is 13.1. The molecule has 0 radical (unpaired) electrons. The van der Waals surface area contributed by atoms with Crippen LogP contribution in [0.1, 0.15) is 16.1 Å². The number of rotatable bonds is 7. The van der Waals surface area contributed by atoms with Crippen molar-refractivity contribution in [1.82, 2.24) is 9.88 Å². The predicted molar refractivity (Wildman–Crippen MR) is 82.8 cm³/mol. The Hall–Kier alpha value is -2.20. The van der Waals surface area contributed by atoms with E-state index in [4.69, 9.17) is 4.74 Å². The van der Waals surface area contributed by atoms with Crippen molar-refractivity contribution in [3.8, 4) is 5.75 Å². The molecule has 0 N–H and O–H groups in total. The number of nitrogens with zero attached hydrogens (tertiary/aromatic N) is 2. The zero-order chi connectivity index (χ0) is 15.1. The summed E-state index contributed by atoms with van der Waals surface area (Å²) in [4.78, 5) is 18.5. The molecule has 0 fully saturated rings. The number of Topliss-reactive ketones (excluding diaryl/α,β-unsaturated/α-hetero) is 1. The first-order valence-electron chi connectivity index (χ1n) is 6.95. The van der Waals surface area contributed by atoms with Gasteiger partial charge in [0.25, 0.3) is 0 Å². The molecule has 1 aromatic carbocycles. The third-order valence-corrected chi connectivity index (χ3v) is 3.28. The molecule has 110 valence electrons. The number of benzene rings is 1. The molecule has 4 heteroatoms. The van der Waals surface area contributed by atoms with Crippen molar-refractivity contribution in [2.45, 2.75) is 6.42 Å². The van der Waals surface area contributed by atoms with Crippen LogP contribution in [0.4, 0.5) is 0 Å². The molecule has 0 saturated heterocycles. The fourth-order valence-corrected chi connectivity index (χ4v) is 2.06. The summed E-state index contributed by atoms with van der Waals surface area (Å²) in [6.07, 6.45) is 2.62. The Morgan fingerprint density at radius 2 is 2.10 bits per heavy atom. The minimum absolute atomic E-state index is 0.0948. The molecule has 2 aromatic rings. The molecule has 4 nitrogen and oxygen atoms in total. The maximum absolute atomic E-state index is 12.2. The maximum atomic E-state index is 12.2. The van der Waals surface area contributed by atoms with Crippen molar-refractivity contribution >= 4 is 5.78 Å². The van der Waals surface area contributed by atoms with Gasteiger partial charge in [-0.1, -0.05) is 18.2 Å². The van der Waals surface area contributed by atoms with Crippen LogP contribution in [0.5, 0.6) is 5.75 Å². The fourth-order valence-electron chi connectivity index (χ4n) is 2.06. The molecule has 0 aliphatic rings. The number of methoxy groups -OCH3 is 1. The van der Waals surface area contributed by atoms with Crippen LogP contribution in [0.25, 0.3) is 0 Å². The molecule has 0 aliphatic carbocycles. The van der Waals surface area contributed by atoms with Crippen molar-refractivity contribution in [3.05, 3.63) is 59.9 Å². The van der Waals surface area contributed by atoms with Crippen molar-refractivity contribution in [1.29, 1.82) is 0 Å². The van der Waals surface area contributed by atoms with E-state index in [1.807, 2.05) is 48.3 Å². The Labute approximate surface area is 125 Å². The van der Waals surface area contributed by atoms with E-state index in [-0.39, 0.29) is 5.78 Å². The number of carbonyl (C=O) groups is 1. The molecular weight excluding hydrogens is 264 g/mol. The lowest BCUT2D eigenvalue weighted by molar-refractivity contribution is 0.0946. The second-order valence-electron chi connectivity index (χ2n) is 4.96. The van der Waals surface area contributed by atoms with Gasteiger partial charge in [0.15, 0.2) is 5.78 Å². The van der Waals surface area contributed by atoms with E-state index in [0.717, 1.165) is 18.7 Å². The predicted octanol–water partition coefficient (Wildman–Crippen LogP) is 2.45. The Bertz CT molecular complexity index is 584. The summed E-state index contributed by atoms with van der Waals surface area (Å²) >= 11 is 0. The lowest BCUT2D eigenvalue weighted by atomic mass is 10.1. The molecule has 0 atom stereocenters. The van der Waals surface area contributed by atoms with Crippen molar-refractivity contribution in [2.75, 3.05) is 27.2 Å². The molecule has 0 bridgehead atoms. The van der Waals surface area contributed by atoms with Gasteiger partial charge >= 0.3 is 0 Å². The fraction of sp³-hybridized carbons (Fsp3) is 0.294. The van der Waals surface area contributed by atoms with Crippen LogP contribution >= 0.6 is 0 Å².